The molecule has 3 nitrogen and oxygen atoms in total. The van der Waals surface area contributed by atoms with Crippen molar-refractivity contribution in [3.05, 3.63) is 23.8 Å². The maximum absolute atomic E-state index is 5.59. The third-order valence-corrected chi connectivity index (χ3v) is 1.33. The predicted octanol–water partition coefficient (Wildman–Crippen LogP) is 2.13. The van der Waals surface area contributed by atoms with Gasteiger partial charge in [-0.15, -0.1) is 0 Å². The van der Waals surface area contributed by atoms with Gasteiger partial charge in [-0.3, -0.25) is 0 Å². The zero-order chi connectivity index (χ0) is 9.56. The summed E-state index contributed by atoms with van der Waals surface area (Å²) >= 11 is 0. The number of nitrogens with two attached hydrogens (primary N) is 2. The lowest BCUT2D eigenvalue weighted by molar-refractivity contribution is 0.535. The van der Waals surface area contributed by atoms with Crippen LogP contribution in [0.4, 0.5) is 5.69 Å². The van der Waals surface area contributed by atoms with Crippen LogP contribution in [-0.2, 0) is 0 Å². The van der Waals surface area contributed by atoms with Crippen molar-refractivity contribution in [1.82, 2.24) is 0 Å². The maximum atomic E-state index is 5.59. The molecule has 0 aliphatic heterocycles. The highest BCUT2D eigenvalue weighted by atomic mass is 16.3. The molecule has 0 fully saturated rings. The normalized spacial score (nSPS) is 9.58. The van der Waals surface area contributed by atoms with Crippen LogP contribution in [0.3, 0.4) is 0 Å². The van der Waals surface area contributed by atoms with E-state index >= 15 is 0 Å². The summed E-state index contributed by atoms with van der Waals surface area (Å²) in [5.74, 6) is 0.730. The zero-order valence-electron chi connectivity index (χ0n) is 7.79. The molecule has 1 heterocycles. The Morgan fingerprint density at radius 1 is 1.42 bits per heavy atom. The van der Waals surface area contributed by atoms with Crippen LogP contribution in [0.1, 0.15) is 25.2 Å². The van der Waals surface area contributed by atoms with Gasteiger partial charge in [-0.1, -0.05) is 13.8 Å². The minimum absolute atomic E-state index is 0.654. The highest BCUT2D eigenvalue weighted by molar-refractivity contribution is 5.64. The van der Waals surface area contributed by atoms with Crippen LogP contribution in [0.5, 0.6) is 0 Å². The van der Waals surface area contributed by atoms with E-state index in [1.54, 1.807) is 12.3 Å². The van der Waals surface area contributed by atoms with Crippen molar-refractivity contribution in [3.63, 3.8) is 0 Å². The molecule has 0 bridgehead atoms. The largest absolute Gasteiger partial charge is 0.467 e. The van der Waals surface area contributed by atoms with Crippen molar-refractivity contribution in [3.8, 4) is 0 Å². The smallest absolute Gasteiger partial charge is 0.124 e. The van der Waals surface area contributed by atoms with Gasteiger partial charge >= 0.3 is 0 Å². The van der Waals surface area contributed by atoms with Crippen molar-refractivity contribution >= 4 is 11.8 Å². The minimum atomic E-state index is 0.654. The van der Waals surface area contributed by atoms with Crippen LogP contribution in [0.15, 0.2) is 16.9 Å². The first-order valence-electron chi connectivity index (χ1n) is 3.97. The Kier molecular flexibility index (Phi) is 4.69. The Bertz CT molecular complexity index is 251. The third-order valence-electron chi connectivity index (χ3n) is 1.33. The molecule has 1 aromatic heterocycles. The van der Waals surface area contributed by atoms with Crippen LogP contribution >= 0.6 is 0 Å². The summed E-state index contributed by atoms with van der Waals surface area (Å²) in [6, 6.07) is 0. The summed E-state index contributed by atoms with van der Waals surface area (Å²) in [7, 11) is 0. The maximum Gasteiger partial charge on any atom is 0.124 e. The Hall–Kier alpha value is -1.38. The molecule has 0 aliphatic carbocycles. The SMILES string of the molecule is CC.Cc1occ(/C=C\N)c1N. The third kappa shape index (κ3) is 2.34. The second kappa shape index (κ2) is 5.29. The van der Waals surface area contributed by atoms with E-state index in [9.17, 15) is 0 Å². The molecule has 0 saturated carbocycles. The van der Waals surface area contributed by atoms with E-state index in [0.717, 1.165) is 11.3 Å². The Morgan fingerprint density at radius 3 is 2.33 bits per heavy atom. The first kappa shape index (κ1) is 10.6. The summed E-state index contributed by atoms with van der Waals surface area (Å²) in [5, 5.41) is 0. The van der Waals surface area contributed by atoms with Crippen LogP contribution < -0.4 is 11.5 Å². The lowest BCUT2D eigenvalue weighted by Gasteiger charge is -1.87. The molecule has 4 N–H and O–H groups in total. The minimum Gasteiger partial charge on any atom is -0.467 e. The van der Waals surface area contributed by atoms with Crippen LogP contribution in [-0.4, -0.2) is 0 Å². The number of rotatable bonds is 1. The van der Waals surface area contributed by atoms with E-state index in [-0.39, 0.29) is 0 Å². The lowest BCUT2D eigenvalue weighted by atomic mass is 10.2. The Morgan fingerprint density at radius 2 is 2.00 bits per heavy atom. The first-order valence-corrected chi connectivity index (χ1v) is 3.97. The number of furan rings is 1. The zero-order valence-corrected chi connectivity index (χ0v) is 7.79. The average molecular weight is 168 g/mol. The molecule has 12 heavy (non-hydrogen) atoms. The number of hydrogen-bond acceptors (Lipinski definition) is 3. The topological polar surface area (TPSA) is 65.2 Å². The number of nitrogen functional groups attached to an aromatic ring is 1. The second-order valence-electron chi connectivity index (χ2n) is 2.02. The standard InChI is InChI=1S/C7H10N2O.C2H6/c1-5-7(9)6(2-3-8)4-10-5;1-2/h2-4H,8-9H2,1H3;1-2H3/b3-2-;. The van der Waals surface area contributed by atoms with Crippen LogP contribution in [0.2, 0.25) is 0 Å². The molecule has 1 aromatic rings. The van der Waals surface area contributed by atoms with Gasteiger partial charge in [0.2, 0.25) is 0 Å². The molecule has 0 saturated heterocycles. The van der Waals surface area contributed by atoms with Gasteiger partial charge < -0.3 is 15.9 Å². The van der Waals surface area contributed by atoms with E-state index < -0.39 is 0 Å². The monoisotopic (exact) mass is 168 g/mol. The average Bonchev–Trinajstić information content (AvgIpc) is 2.41. The van der Waals surface area contributed by atoms with E-state index in [1.807, 2.05) is 20.8 Å². The summed E-state index contributed by atoms with van der Waals surface area (Å²) < 4.78 is 5.02. The molecular weight excluding hydrogens is 152 g/mol. The fraction of sp³-hybridized carbons (Fsp3) is 0.333. The van der Waals surface area contributed by atoms with Crippen molar-refractivity contribution in [2.24, 2.45) is 5.73 Å². The molecule has 0 spiro atoms. The molecular formula is C9H16N2O. The molecule has 0 amide bonds. The molecule has 3 heteroatoms. The van der Waals surface area contributed by atoms with Gasteiger partial charge in [0, 0.05) is 5.56 Å². The first-order chi connectivity index (χ1) is 5.75. The Labute approximate surface area is 73.0 Å². The molecule has 0 aliphatic rings. The van der Waals surface area contributed by atoms with Gasteiger partial charge in [-0.05, 0) is 19.2 Å². The van der Waals surface area contributed by atoms with Gasteiger partial charge in [-0.25, -0.2) is 0 Å². The van der Waals surface area contributed by atoms with Crippen molar-refractivity contribution in [1.29, 1.82) is 0 Å². The molecule has 68 valence electrons. The fourth-order valence-corrected chi connectivity index (χ4v) is 0.715. The van der Waals surface area contributed by atoms with Gasteiger partial charge in [-0.2, -0.15) is 0 Å². The fourth-order valence-electron chi connectivity index (χ4n) is 0.715. The van der Waals surface area contributed by atoms with E-state index in [4.69, 9.17) is 15.9 Å². The highest BCUT2D eigenvalue weighted by Crippen LogP contribution is 2.19. The lowest BCUT2D eigenvalue weighted by Crippen LogP contribution is -1.86. The van der Waals surface area contributed by atoms with Crippen LogP contribution in [0, 0.1) is 6.92 Å². The quantitative estimate of drug-likeness (QED) is 0.675. The number of hydrogen-bond donors (Lipinski definition) is 2. The van der Waals surface area contributed by atoms with Crippen molar-refractivity contribution in [2.75, 3.05) is 5.73 Å². The molecule has 0 aromatic carbocycles. The van der Waals surface area contributed by atoms with Crippen molar-refractivity contribution in [2.45, 2.75) is 20.8 Å². The number of aryl methyl sites for hydroxylation is 1. The summed E-state index contributed by atoms with van der Waals surface area (Å²) in [6.45, 7) is 5.81. The predicted molar refractivity (Wildman–Crippen MR) is 52.4 cm³/mol. The summed E-state index contributed by atoms with van der Waals surface area (Å²) in [6.07, 6.45) is 4.71. The molecule has 0 atom stereocenters. The molecule has 0 radical (unpaired) electrons. The summed E-state index contributed by atoms with van der Waals surface area (Å²) in [5.41, 5.74) is 12.2. The number of anilines is 1. The summed E-state index contributed by atoms with van der Waals surface area (Å²) in [4.78, 5) is 0. The van der Waals surface area contributed by atoms with Crippen molar-refractivity contribution < 1.29 is 4.42 Å². The van der Waals surface area contributed by atoms with Gasteiger partial charge in [0.1, 0.15) is 12.0 Å². The second-order valence-corrected chi connectivity index (χ2v) is 2.02. The van der Waals surface area contributed by atoms with Crippen LogP contribution in [0.25, 0.3) is 6.08 Å². The van der Waals surface area contributed by atoms with Gasteiger partial charge in [0.25, 0.3) is 0 Å². The van der Waals surface area contributed by atoms with E-state index in [0.29, 0.717) is 5.69 Å². The van der Waals surface area contributed by atoms with E-state index in [1.165, 1.54) is 6.20 Å². The highest BCUT2D eigenvalue weighted by Gasteiger charge is 2.01. The van der Waals surface area contributed by atoms with Gasteiger partial charge in [0.15, 0.2) is 0 Å². The molecule has 0 unspecified atom stereocenters. The Balaban J connectivity index is 0.000000561. The van der Waals surface area contributed by atoms with E-state index in [2.05, 4.69) is 0 Å². The van der Waals surface area contributed by atoms with Gasteiger partial charge in [0.05, 0.1) is 5.69 Å². The molecule has 1 rings (SSSR count).